The van der Waals surface area contributed by atoms with Crippen LogP contribution in [0.5, 0.6) is 11.6 Å². The van der Waals surface area contributed by atoms with Crippen molar-refractivity contribution in [3.63, 3.8) is 0 Å². The Balaban J connectivity index is 1.75. The molecule has 1 saturated heterocycles. The van der Waals surface area contributed by atoms with Crippen molar-refractivity contribution >= 4 is 12.4 Å². The molecule has 1 aliphatic heterocycles. The summed E-state index contributed by atoms with van der Waals surface area (Å²) in [7, 11) is 0. The van der Waals surface area contributed by atoms with Gasteiger partial charge in [0.15, 0.2) is 0 Å². The molecule has 0 unspecified atom stereocenters. The molecule has 4 N–H and O–H groups in total. The quantitative estimate of drug-likeness (QED) is 0.553. The third-order valence-electron chi connectivity index (χ3n) is 5.12. The second-order valence-corrected chi connectivity index (χ2v) is 8.93. The van der Waals surface area contributed by atoms with Gasteiger partial charge in [0.25, 0.3) is 0 Å². The highest BCUT2D eigenvalue weighted by molar-refractivity contribution is 5.88. The molecule has 29 heavy (non-hydrogen) atoms. The third kappa shape index (κ3) is 4.98. The van der Waals surface area contributed by atoms with Crippen LogP contribution in [0.15, 0.2) is 30.3 Å². The number of benzene rings is 1. The Hall–Kier alpha value is -2.80. The molecule has 0 atom stereocenters. The summed E-state index contributed by atoms with van der Waals surface area (Å²) in [6.45, 7) is 8.69. The van der Waals surface area contributed by atoms with Gasteiger partial charge in [-0.05, 0) is 51.5 Å². The van der Waals surface area contributed by atoms with Gasteiger partial charge < -0.3 is 26.0 Å². The molecule has 7 nitrogen and oxygen atoms in total. The Kier molecular flexibility index (Phi) is 5.71. The molecule has 154 valence electrons. The van der Waals surface area contributed by atoms with E-state index in [1.807, 2.05) is 0 Å². The topological polar surface area (TPSA) is 115 Å². The Morgan fingerprint density at radius 2 is 1.72 bits per heavy atom. The average molecular weight is 396 g/mol. The highest BCUT2D eigenvalue weighted by Gasteiger charge is 2.38. The fourth-order valence-electron chi connectivity index (χ4n) is 4.22. The maximum atomic E-state index is 10.4. The highest BCUT2D eigenvalue weighted by atomic mass is 16.5. The molecule has 1 fully saturated rings. The van der Waals surface area contributed by atoms with Gasteiger partial charge in [-0.2, -0.15) is 0 Å². The van der Waals surface area contributed by atoms with Crippen LogP contribution in [0.4, 0.5) is 0 Å². The number of aromatic hydroxyl groups is 1. The molecule has 1 aromatic carbocycles. The summed E-state index contributed by atoms with van der Waals surface area (Å²) >= 11 is 0. The minimum Gasteiger partial charge on any atom is -0.507 e. The maximum absolute atomic E-state index is 10.4. The van der Waals surface area contributed by atoms with Crippen molar-refractivity contribution in [3.05, 3.63) is 35.9 Å². The van der Waals surface area contributed by atoms with E-state index in [2.05, 4.69) is 43.2 Å². The third-order valence-corrected chi connectivity index (χ3v) is 5.12. The van der Waals surface area contributed by atoms with Crippen molar-refractivity contribution < 1.29 is 9.84 Å². The van der Waals surface area contributed by atoms with Crippen molar-refractivity contribution in [1.82, 2.24) is 15.5 Å². The summed E-state index contributed by atoms with van der Waals surface area (Å²) in [5.41, 5.74) is 1.73. The predicted molar refractivity (Wildman–Crippen MR) is 114 cm³/mol. The summed E-state index contributed by atoms with van der Waals surface area (Å²) in [5.74, 6) is 0.0624. The smallest absolute Gasteiger partial charge is 0.233 e. The van der Waals surface area contributed by atoms with Crippen molar-refractivity contribution in [2.75, 3.05) is 0 Å². The number of nitrogens with one attached hydrogen (secondary N) is 3. The zero-order valence-electron chi connectivity index (χ0n) is 17.4. The second-order valence-electron chi connectivity index (χ2n) is 8.93. The zero-order valence-corrected chi connectivity index (χ0v) is 17.4. The fourth-order valence-corrected chi connectivity index (χ4v) is 4.22. The first-order valence-electron chi connectivity index (χ1n) is 9.77. The number of hydrogen-bond acceptors (Lipinski definition) is 7. The molecule has 7 heteroatoms. The van der Waals surface area contributed by atoms with E-state index in [1.54, 1.807) is 30.3 Å². The van der Waals surface area contributed by atoms with Gasteiger partial charge in [-0.15, -0.1) is 10.2 Å². The van der Waals surface area contributed by atoms with E-state index in [0.717, 1.165) is 25.3 Å². The van der Waals surface area contributed by atoms with Crippen molar-refractivity contribution in [2.24, 2.45) is 0 Å². The largest absolute Gasteiger partial charge is 0.507 e. The molecule has 3 rings (SSSR count). The van der Waals surface area contributed by atoms with Gasteiger partial charge in [-0.3, -0.25) is 0 Å². The number of phenolic OH excluding ortho intramolecular Hbond substituents is 1. The van der Waals surface area contributed by atoms with Crippen LogP contribution in [0.1, 0.15) is 52.0 Å². The van der Waals surface area contributed by atoms with Crippen molar-refractivity contribution in [1.29, 1.82) is 10.8 Å². The van der Waals surface area contributed by atoms with E-state index >= 15 is 0 Å². The van der Waals surface area contributed by atoms with Crippen LogP contribution in [0, 0.1) is 10.8 Å². The summed E-state index contributed by atoms with van der Waals surface area (Å²) in [6, 6.07) is 8.62. The summed E-state index contributed by atoms with van der Waals surface area (Å²) in [6.07, 6.45) is 4.13. The molecule has 2 heterocycles. The number of phenols is 1. The first-order chi connectivity index (χ1) is 13.6. The van der Waals surface area contributed by atoms with Crippen molar-refractivity contribution in [3.8, 4) is 22.9 Å². The van der Waals surface area contributed by atoms with Gasteiger partial charge >= 0.3 is 0 Å². The van der Waals surface area contributed by atoms with Crippen LogP contribution in [0.25, 0.3) is 11.3 Å². The van der Waals surface area contributed by atoms with Crippen LogP contribution in [-0.2, 0) is 0 Å². The Morgan fingerprint density at radius 1 is 1.07 bits per heavy atom. The lowest BCUT2D eigenvalue weighted by Crippen LogP contribution is -2.60. The summed E-state index contributed by atoms with van der Waals surface area (Å²) in [5, 5.41) is 37.2. The van der Waals surface area contributed by atoms with Crippen LogP contribution in [-0.4, -0.2) is 44.9 Å². The summed E-state index contributed by atoms with van der Waals surface area (Å²) in [4.78, 5) is 0. The number of piperidine rings is 1. The van der Waals surface area contributed by atoms with E-state index in [4.69, 9.17) is 15.6 Å². The van der Waals surface area contributed by atoms with Crippen molar-refractivity contribution in [2.45, 2.75) is 63.6 Å². The number of hydrogen-bond donors (Lipinski definition) is 4. The van der Waals surface area contributed by atoms with E-state index in [9.17, 15) is 5.11 Å². The van der Waals surface area contributed by atoms with E-state index in [0.29, 0.717) is 22.7 Å². The van der Waals surface area contributed by atoms with Crippen LogP contribution >= 0.6 is 0 Å². The number of ether oxygens (including phenoxy) is 1. The molecule has 0 aliphatic carbocycles. The highest BCUT2D eigenvalue weighted by Crippen LogP contribution is 2.33. The van der Waals surface area contributed by atoms with E-state index in [1.165, 1.54) is 0 Å². The number of nitrogens with zero attached hydrogens (tertiary/aromatic N) is 2. The minimum absolute atomic E-state index is 0.0157. The SMILES string of the molecule is CC1(C)CC(Oc2ccc(-c3ccc(C(C=N)C=N)cc3O)nn2)CC(C)(C)N1. The molecular weight excluding hydrogens is 366 g/mol. The first kappa shape index (κ1) is 20.9. The molecule has 0 bridgehead atoms. The number of rotatable bonds is 6. The van der Waals surface area contributed by atoms with Crippen LogP contribution in [0.3, 0.4) is 0 Å². The number of aromatic nitrogens is 2. The monoisotopic (exact) mass is 395 g/mol. The van der Waals surface area contributed by atoms with Gasteiger partial charge in [-0.1, -0.05) is 6.07 Å². The molecule has 1 aliphatic rings. The molecule has 0 amide bonds. The molecule has 1 aromatic heterocycles. The van der Waals surface area contributed by atoms with E-state index in [-0.39, 0.29) is 22.9 Å². The van der Waals surface area contributed by atoms with Gasteiger partial charge in [0.05, 0.1) is 11.6 Å². The lowest BCUT2D eigenvalue weighted by atomic mass is 9.81. The van der Waals surface area contributed by atoms with E-state index < -0.39 is 5.92 Å². The fraction of sp³-hybridized carbons (Fsp3) is 0.455. The molecule has 0 saturated carbocycles. The maximum Gasteiger partial charge on any atom is 0.233 e. The Bertz CT molecular complexity index is 869. The molecule has 0 radical (unpaired) electrons. The molecular formula is C22H29N5O2. The van der Waals surface area contributed by atoms with Gasteiger partial charge in [0, 0.05) is 48.0 Å². The van der Waals surface area contributed by atoms with Crippen LogP contribution < -0.4 is 10.1 Å². The Labute approximate surface area is 171 Å². The standard InChI is InChI=1S/C22H29N5O2/c1-21(2)10-16(11-22(3,4)27-21)29-20-8-7-18(25-26-20)17-6-5-14(9-19(17)28)15(12-23)13-24/h5-9,12-13,15-16,23-24,27-28H,10-11H2,1-4H3. The summed E-state index contributed by atoms with van der Waals surface area (Å²) < 4.78 is 6.10. The van der Waals surface area contributed by atoms with Gasteiger partial charge in [-0.25, -0.2) is 0 Å². The minimum atomic E-state index is -0.449. The normalized spacial score (nSPS) is 19.3. The molecule has 0 spiro atoms. The predicted octanol–water partition coefficient (Wildman–Crippen LogP) is 3.92. The molecule has 2 aromatic rings. The zero-order chi connectivity index (χ0) is 21.2. The Morgan fingerprint density at radius 3 is 2.24 bits per heavy atom. The van der Waals surface area contributed by atoms with Gasteiger partial charge in [0.1, 0.15) is 11.9 Å². The first-order valence-corrected chi connectivity index (χ1v) is 9.77. The lowest BCUT2D eigenvalue weighted by molar-refractivity contribution is 0.0524. The lowest BCUT2D eigenvalue weighted by Gasteiger charge is -2.46. The van der Waals surface area contributed by atoms with Gasteiger partial charge in [0.2, 0.25) is 5.88 Å². The van der Waals surface area contributed by atoms with Crippen LogP contribution in [0.2, 0.25) is 0 Å². The average Bonchev–Trinajstić information content (AvgIpc) is 2.61. The second kappa shape index (κ2) is 7.91.